The molecule has 232 valence electrons. The van der Waals surface area contributed by atoms with Crippen LogP contribution in [0.1, 0.15) is 36.8 Å². The Labute approximate surface area is 236 Å². The Bertz CT molecular complexity index is 1290. The van der Waals surface area contributed by atoms with Crippen molar-refractivity contribution < 1.29 is 54.9 Å². The lowest BCUT2D eigenvalue weighted by Crippen LogP contribution is -2.52. The molecule has 0 radical (unpaired) electrons. The van der Waals surface area contributed by atoms with Gasteiger partial charge < -0.3 is 30.1 Å². The molecule has 2 aromatic carbocycles. The number of amides is 2. The van der Waals surface area contributed by atoms with Crippen LogP contribution in [0.2, 0.25) is 0 Å². The summed E-state index contributed by atoms with van der Waals surface area (Å²) in [5.74, 6) is -2.37. The van der Waals surface area contributed by atoms with E-state index in [0.29, 0.717) is 42.5 Å². The van der Waals surface area contributed by atoms with Gasteiger partial charge in [-0.3, -0.25) is 0 Å². The van der Waals surface area contributed by atoms with E-state index < -0.39 is 41.4 Å². The number of nitrogens with zero attached hydrogens (tertiary/aromatic N) is 1. The molecule has 1 heterocycles. The van der Waals surface area contributed by atoms with Gasteiger partial charge in [0.15, 0.2) is 11.5 Å². The minimum absolute atomic E-state index is 0.115. The van der Waals surface area contributed by atoms with E-state index in [1.807, 2.05) is 19.2 Å². The summed E-state index contributed by atoms with van der Waals surface area (Å²) in [5.41, 5.74) is -0.501. The number of aliphatic carboxylic acids is 1. The van der Waals surface area contributed by atoms with Crippen LogP contribution in [-0.2, 0) is 16.4 Å². The highest BCUT2D eigenvalue weighted by Gasteiger charge is 2.50. The molecule has 8 nitrogen and oxygen atoms in total. The third-order valence-corrected chi connectivity index (χ3v) is 7.61. The molecule has 2 aromatic rings. The van der Waals surface area contributed by atoms with Crippen LogP contribution in [0.3, 0.4) is 0 Å². The number of fused-ring (bicyclic) bond motifs is 1. The van der Waals surface area contributed by atoms with Crippen molar-refractivity contribution in [3.05, 3.63) is 53.3 Å². The topological polar surface area (TPSA) is 100 Å². The molecular formula is C27H30F7N3O5. The summed E-state index contributed by atoms with van der Waals surface area (Å²) < 4.78 is 95.6. The number of alkyl halides is 6. The minimum atomic E-state index is -5.08. The lowest BCUT2D eigenvalue weighted by Gasteiger charge is -2.45. The van der Waals surface area contributed by atoms with Gasteiger partial charge in [0.25, 0.3) is 0 Å². The molecule has 1 saturated carbocycles. The highest BCUT2D eigenvalue weighted by molar-refractivity contribution is 5.89. The summed E-state index contributed by atoms with van der Waals surface area (Å²) in [6.45, 7) is 0.896. The maximum absolute atomic E-state index is 14.0. The normalized spacial score (nSPS) is 22.3. The first kappa shape index (κ1) is 32.8. The number of likely N-dealkylation sites (N-methyl/N-ethyl adjacent to an activating group) is 1. The van der Waals surface area contributed by atoms with E-state index in [2.05, 4.69) is 21.6 Å². The number of nitrogens with one attached hydrogen (secondary N) is 2. The van der Waals surface area contributed by atoms with E-state index in [1.54, 1.807) is 14.2 Å². The number of benzene rings is 2. The first-order chi connectivity index (χ1) is 19.5. The molecule has 0 bridgehead atoms. The molecule has 15 heteroatoms. The number of rotatable bonds is 5. The first-order valence-corrected chi connectivity index (χ1v) is 12.7. The van der Waals surface area contributed by atoms with Crippen molar-refractivity contribution in [2.24, 2.45) is 0 Å². The number of hydrogen-bond acceptors (Lipinski definition) is 5. The Morgan fingerprint density at radius 1 is 1.00 bits per heavy atom. The van der Waals surface area contributed by atoms with Crippen LogP contribution < -0.4 is 20.1 Å². The number of carbonyl (C=O) groups excluding carboxylic acids is 1. The third kappa shape index (κ3) is 7.36. The number of carboxylic acid groups (broad SMARTS) is 1. The van der Waals surface area contributed by atoms with Crippen LogP contribution in [-0.4, -0.2) is 68.1 Å². The van der Waals surface area contributed by atoms with Gasteiger partial charge >= 0.3 is 24.4 Å². The highest BCUT2D eigenvalue weighted by Crippen LogP contribution is 2.50. The molecule has 2 fully saturated rings. The lowest BCUT2D eigenvalue weighted by atomic mass is 9.65. The zero-order valence-corrected chi connectivity index (χ0v) is 22.8. The molecule has 3 N–H and O–H groups in total. The fraction of sp³-hybridized carbons (Fsp3) is 0.481. The number of halogens is 7. The quantitative estimate of drug-likeness (QED) is 0.370. The minimum Gasteiger partial charge on any atom is -0.493 e. The lowest BCUT2D eigenvalue weighted by molar-refractivity contribution is -0.192. The van der Waals surface area contributed by atoms with Crippen molar-refractivity contribution in [1.29, 1.82) is 0 Å². The van der Waals surface area contributed by atoms with Gasteiger partial charge in [0.2, 0.25) is 0 Å². The van der Waals surface area contributed by atoms with Crippen molar-refractivity contribution >= 4 is 17.7 Å². The second-order valence-electron chi connectivity index (χ2n) is 10.0. The van der Waals surface area contributed by atoms with E-state index in [9.17, 15) is 35.5 Å². The smallest absolute Gasteiger partial charge is 0.490 e. The Hall–Kier alpha value is -3.75. The van der Waals surface area contributed by atoms with Crippen LogP contribution in [0.5, 0.6) is 11.5 Å². The summed E-state index contributed by atoms with van der Waals surface area (Å²) in [7, 11) is 5.24. The van der Waals surface area contributed by atoms with Gasteiger partial charge in [0.05, 0.1) is 25.5 Å². The zero-order valence-electron chi connectivity index (χ0n) is 22.8. The number of carboxylic acids is 1. The molecule has 2 aliphatic rings. The summed E-state index contributed by atoms with van der Waals surface area (Å²) in [5, 5.41) is 12.2. The summed E-state index contributed by atoms with van der Waals surface area (Å²) in [6.07, 6.45) is -6.62. The van der Waals surface area contributed by atoms with Gasteiger partial charge in [-0.25, -0.2) is 14.0 Å². The van der Waals surface area contributed by atoms with E-state index >= 15 is 0 Å². The standard InChI is InChI=1S/C25H29F4N3O3.C2HF3O2/c1-32-11-10-24(15-5-7-20(34-2)21(13-15)35-3)9-8-17(14-22(24)32)30-23(33)31-19-12-16(25(27,28)29)4-6-18(19)26;3-2(4,5)1(6)7/h4-7,12-13,17,22H,8-11,14H2,1-3H3,(H2,30,31,33);(H,6,7). The van der Waals surface area contributed by atoms with Crippen molar-refractivity contribution in [1.82, 2.24) is 10.2 Å². The van der Waals surface area contributed by atoms with Gasteiger partial charge in [-0.1, -0.05) is 6.07 Å². The van der Waals surface area contributed by atoms with Crippen LogP contribution >= 0.6 is 0 Å². The van der Waals surface area contributed by atoms with Crippen LogP contribution in [0, 0.1) is 5.82 Å². The Morgan fingerprint density at radius 3 is 2.21 bits per heavy atom. The van der Waals surface area contributed by atoms with Crippen LogP contribution in [0.25, 0.3) is 0 Å². The van der Waals surface area contributed by atoms with Crippen LogP contribution in [0.4, 0.5) is 41.2 Å². The molecule has 2 amide bonds. The van der Waals surface area contributed by atoms with E-state index in [4.69, 9.17) is 19.4 Å². The average molecular weight is 610 g/mol. The maximum atomic E-state index is 14.0. The van der Waals surface area contributed by atoms with Crippen molar-refractivity contribution in [2.75, 3.05) is 33.1 Å². The van der Waals surface area contributed by atoms with Gasteiger partial charge in [0, 0.05) is 17.5 Å². The molecule has 42 heavy (non-hydrogen) atoms. The molecule has 1 saturated heterocycles. The highest BCUT2D eigenvalue weighted by atomic mass is 19.4. The van der Waals surface area contributed by atoms with Crippen molar-refractivity contribution in [3.8, 4) is 11.5 Å². The second kappa shape index (κ2) is 12.6. The predicted molar refractivity (Wildman–Crippen MR) is 137 cm³/mol. The summed E-state index contributed by atoms with van der Waals surface area (Å²) >= 11 is 0. The molecule has 3 unspecified atom stereocenters. The fourth-order valence-electron chi connectivity index (χ4n) is 5.54. The number of methoxy groups -OCH3 is 2. The van der Waals surface area contributed by atoms with Crippen molar-refractivity contribution in [3.63, 3.8) is 0 Å². The molecular weight excluding hydrogens is 579 g/mol. The number of ether oxygens (including phenoxy) is 2. The van der Waals surface area contributed by atoms with Gasteiger partial charge in [-0.15, -0.1) is 0 Å². The first-order valence-electron chi connectivity index (χ1n) is 12.7. The van der Waals surface area contributed by atoms with Gasteiger partial charge in [-0.2, -0.15) is 26.3 Å². The molecule has 3 atom stereocenters. The summed E-state index contributed by atoms with van der Waals surface area (Å²) in [6, 6.07) is 7.13. The SMILES string of the molecule is COc1ccc(C23CCC(NC(=O)Nc4cc(C(F)(F)F)ccc4F)CC2N(C)CC3)cc1OC.O=C(O)C(F)(F)F. The second-order valence-corrected chi connectivity index (χ2v) is 10.0. The average Bonchev–Trinajstić information content (AvgIpc) is 3.25. The molecule has 0 spiro atoms. The molecule has 4 rings (SSSR count). The Kier molecular flexibility index (Phi) is 9.85. The summed E-state index contributed by atoms with van der Waals surface area (Å²) in [4.78, 5) is 23.7. The zero-order chi connectivity index (χ0) is 31.5. The molecule has 1 aliphatic heterocycles. The number of urea groups is 1. The Morgan fingerprint density at radius 2 is 1.64 bits per heavy atom. The number of anilines is 1. The van der Waals surface area contributed by atoms with Crippen LogP contribution in [0.15, 0.2) is 36.4 Å². The fourth-order valence-corrected chi connectivity index (χ4v) is 5.54. The number of hydrogen-bond donors (Lipinski definition) is 3. The monoisotopic (exact) mass is 609 g/mol. The van der Waals surface area contributed by atoms with Gasteiger partial charge in [0.1, 0.15) is 5.82 Å². The number of likely N-dealkylation sites (tertiary alicyclic amines) is 1. The van der Waals surface area contributed by atoms with E-state index in [1.165, 1.54) is 0 Å². The predicted octanol–water partition coefficient (Wildman–Crippen LogP) is 5.81. The maximum Gasteiger partial charge on any atom is 0.490 e. The molecule has 0 aromatic heterocycles. The van der Waals surface area contributed by atoms with E-state index in [0.717, 1.165) is 24.9 Å². The third-order valence-electron chi connectivity index (χ3n) is 7.61. The molecule has 1 aliphatic carbocycles. The van der Waals surface area contributed by atoms with Gasteiger partial charge in [-0.05, 0) is 75.2 Å². The largest absolute Gasteiger partial charge is 0.493 e. The van der Waals surface area contributed by atoms with Crippen molar-refractivity contribution in [2.45, 2.75) is 55.5 Å². The number of carbonyl (C=O) groups is 2. The Balaban J connectivity index is 0.000000616. The van der Waals surface area contributed by atoms with E-state index in [-0.39, 0.29) is 17.5 Å².